The van der Waals surface area contributed by atoms with E-state index < -0.39 is 0 Å². The van der Waals surface area contributed by atoms with Crippen LogP contribution in [0, 0.1) is 0 Å². The fourth-order valence-electron chi connectivity index (χ4n) is 4.09. The largest absolute Gasteiger partial charge is 0.383 e. The molecular formula is C26H30N6O. The quantitative estimate of drug-likeness (QED) is 0.446. The third-order valence-corrected chi connectivity index (χ3v) is 5.85. The number of nitrogens with one attached hydrogen (secondary N) is 1. The molecule has 1 aliphatic rings. The zero-order valence-corrected chi connectivity index (χ0v) is 18.1. The molecule has 170 valence electrons. The number of nitrogen functional groups attached to an aromatic ring is 1. The molecule has 0 bridgehead atoms. The maximum absolute atomic E-state index is 13.3. The van der Waals surface area contributed by atoms with E-state index in [9.17, 15) is 4.79 Å². The van der Waals surface area contributed by atoms with Gasteiger partial charge in [0.05, 0.1) is 5.56 Å². The number of piperazine rings is 1. The molecule has 0 amide bonds. The molecule has 1 saturated heterocycles. The van der Waals surface area contributed by atoms with Crippen LogP contribution in [-0.4, -0.2) is 40.4 Å². The molecule has 0 saturated carbocycles. The van der Waals surface area contributed by atoms with Gasteiger partial charge in [-0.1, -0.05) is 36.4 Å². The monoisotopic (exact) mass is 442 g/mol. The van der Waals surface area contributed by atoms with Crippen molar-refractivity contribution in [3.8, 4) is 11.1 Å². The molecule has 5 rings (SSSR count). The Bertz CT molecular complexity index is 1280. The van der Waals surface area contributed by atoms with Crippen LogP contribution < -0.4 is 16.0 Å². The van der Waals surface area contributed by atoms with Gasteiger partial charge in [0.25, 0.3) is 0 Å². The van der Waals surface area contributed by atoms with E-state index in [4.69, 9.17) is 10.7 Å². The summed E-state index contributed by atoms with van der Waals surface area (Å²) in [5, 5.41) is 3.56. The van der Waals surface area contributed by atoms with Crippen molar-refractivity contribution < 1.29 is 9.07 Å². The van der Waals surface area contributed by atoms with Crippen molar-refractivity contribution in [3.05, 3.63) is 102 Å². The minimum absolute atomic E-state index is 0. The second kappa shape index (κ2) is 9.18. The van der Waals surface area contributed by atoms with Crippen molar-refractivity contribution in [2.75, 3.05) is 30.3 Å². The van der Waals surface area contributed by atoms with Crippen molar-refractivity contribution in [1.29, 1.82) is 0 Å². The summed E-state index contributed by atoms with van der Waals surface area (Å²) in [6, 6.07) is 21.6. The van der Waals surface area contributed by atoms with E-state index in [0.29, 0.717) is 11.3 Å². The molecule has 1 aliphatic heterocycles. The van der Waals surface area contributed by atoms with Crippen LogP contribution >= 0.6 is 0 Å². The Morgan fingerprint density at radius 2 is 1.85 bits per heavy atom. The molecule has 0 radical (unpaired) electrons. The highest BCUT2D eigenvalue weighted by Gasteiger charge is 2.23. The summed E-state index contributed by atoms with van der Waals surface area (Å²) in [7, 11) is 0. The third-order valence-electron chi connectivity index (χ3n) is 5.85. The van der Waals surface area contributed by atoms with Crippen LogP contribution in [0.5, 0.6) is 0 Å². The number of aromatic nitrogens is 3. The molecule has 7 nitrogen and oxygen atoms in total. The predicted octanol–water partition coefficient (Wildman–Crippen LogP) is 4.24. The fraction of sp³-hybridized carbons (Fsp3) is 0.154. The van der Waals surface area contributed by atoms with Gasteiger partial charge in [-0.2, -0.15) is 0 Å². The van der Waals surface area contributed by atoms with Crippen molar-refractivity contribution in [2.24, 2.45) is 0 Å². The highest BCUT2D eigenvalue weighted by atomic mass is 16.1. The van der Waals surface area contributed by atoms with Gasteiger partial charge in [0.2, 0.25) is 5.78 Å². The third kappa shape index (κ3) is 4.44. The number of nitrogens with zero attached hydrogens (tertiary/aromatic N) is 4. The van der Waals surface area contributed by atoms with E-state index in [2.05, 4.69) is 32.3 Å². The minimum atomic E-state index is -0.243. The van der Waals surface area contributed by atoms with Gasteiger partial charge in [0.15, 0.2) is 0 Å². The van der Waals surface area contributed by atoms with Crippen molar-refractivity contribution in [3.63, 3.8) is 0 Å². The summed E-state index contributed by atoms with van der Waals surface area (Å²) >= 11 is 0. The van der Waals surface area contributed by atoms with Crippen LogP contribution in [0.2, 0.25) is 0 Å². The first-order valence-corrected chi connectivity index (χ1v) is 10.9. The smallest absolute Gasteiger partial charge is 0.215 e. The average molecular weight is 443 g/mol. The van der Waals surface area contributed by atoms with E-state index in [1.54, 1.807) is 30.7 Å². The standard InChI is InChI=1S/C26H24N6O.3H2/c27-26-21(15-20(16-30-26)18-9-11-28-12-10-18)25(33)22-7-4-8-24(31-22)32-14-13-29-23(17-32)19-5-2-1-3-6-19;;;/h1-12,15-16,23,29H,13-14,17H2,(H2,27,30);3*1H. The van der Waals surface area contributed by atoms with Gasteiger partial charge in [-0.25, -0.2) is 9.97 Å². The van der Waals surface area contributed by atoms with Crippen LogP contribution in [0.15, 0.2) is 85.3 Å². The summed E-state index contributed by atoms with van der Waals surface area (Å²) in [6.07, 6.45) is 5.07. The van der Waals surface area contributed by atoms with E-state index in [1.165, 1.54) is 5.56 Å². The van der Waals surface area contributed by atoms with E-state index in [-0.39, 0.29) is 21.9 Å². The van der Waals surface area contributed by atoms with Crippen LogP contribution in [0.3, 0.4) is 0 Å². The summed E-state index contributed by atoms with van der Waals surface area (Å²) in [5.41, 5.74) is 9.73. The van der Waals surface area contributed by atoms with Crippen molar-refractivity contribution in [2.45, 2.75) is 6.04 Å². The number of pyridine rings is 3. The van der Waals surface area contributed by atoms with E-state index in [1.807, 2.05) is 42.5 Å². The molecule has 3 N–H and O–H groups in total. The lowest BCUT2D eigenvalue weighted by Crippen LogP contribution is -2.46. The van der Waals surface area contributed by atoms with Gasteiger partial charge in [0, 0.05) is 54.1 Å². The van der Waals surface area contributed by atoms with E-state index >= 15 is 0 Å². The maximum Gasteiger partial charge on any atom is 0.215 e. The Balaban J connectivity index is 0.00000152. The molecule has 4 aromatic rings. The number of hydrogen-bond donors (Lipinski definition) is 2. The fourth-order valence-corrected chi connectivity index (χ4v) is 4.09. The molecule has 3 aromatic heterocycles. The Kier molecular flexibility index (Phi) is 5.78. The number of carbonyl (C=O) groups excluding carboxylic acids is 1. The van der Waals surface area contributed by atoms with Crippen molar-refractivity contribution >= 4 is 17.4 Å². The summed E-state index contributed by atoms with van der Waals surface area (Å²) in [4.78, 5) is 28.5. The molecule has 0 spiro atoms. The molecule has 1 atom stereocenters. The number of rotatable bonds is 5. The number of hydrogen-bond acceptors (Lipinski definition) is 7. The SMILES string of the molecule is Nc1ncc(-c2ccncc2)cc1C(=O)c1cccc(N2CCNC(c3ccccc3)C2)n1.[HH].[HH].[HH]. The first-order chi connectivity index (χ1) is 16.2. The first kappa shape index (κ1) is 20.8. The lowest BCUT2D eigenvalue weighted by Gasteiger charge is -2.35. The Morgan fingerprint density at radius 1 is 1.03 bits per heavy atom. The minimum Gasteiger partial charge on any atom is -0.383 e. The van der Waals surface area contributed by atoms with Crippen LogP contribution in [0.25, 0.3) is 11.1 Å². The number of nitrogens with two attached hydrogens (primary N) is 1. The number of ketones is 1. The predicted molar refractivity (Wildman–Crippen MR) is 135 cm³/mol. The maximum atomic E-state index is 13.3. The Hall–Kier alpha value is -4.10. The summed E-state index contributed by atoms with van der Waals surface area (Å²) in [6.45, 7) is 2.43. The Labute approximate surface area is 196 Å². The lowest BCUT2D eigenvalue weighted by atomic mass is 10.0. The molecule has 4 heterocycles. The first-order valence-electron chi connectivity index (χ1n) is 10.9. The molecule has 1 unspecified atom stereocenters. The summed E-state index contributed by atoms with van der Waals surface area (Å²) in [5.74, 6) is 0.726. The molecule has 7 heteroatoms. The van der Waals surface area contributed by atoms with Gasteiger partial charge in [0.1, 0.15) is 17.3 Å². The van der Waals surface area contributed by atoms with E-state index in [0.717, 1.165) is 36.6 Å². The molecule has 33 heavy (non-hydrogen) atoms. The second-order valence-electron chi connectivity index (χ2n) is 7.97. The molecule has 0 aliphatic carbocycles. The van der Waals surface area contributed by atoms with Crippen molar-refractivity contribution in [1.82, 2.24) is 20.3 Å². The van der Waals surface area contributed by atoms with Gasteiger partial charge in [-0.15, -0.1) is 0 Å². The Morgan fingerprint density at radius 3 is 2.67 bits per heavy atom. The average Bonchev–Trinajstić information content (AvgIpc) is 2.90. The molecular weight excluding hydrogens is 412 g/mol. The molecule has 1 fully saturated rings. The number of benzene rings is 1. The molecule has 1 aromatic carbocycles. The normalized spacial score (nSPS) is 15.9. The summed E-state index contributed by atoms with van der Waals surface area (Å²) < 4.78 is 0. The van der Waals surface area contributed by atoms with Gasteiger partial charge >= 0.3 is 0 Å². The van der Waals surface area contributed by atoms with Crippen LogP contribution in [-0.2, 0) is 0 Å². The number of anilines is 2. The van der Waals surface area contributed by atoms with Crippen LogP contribution in [0.4, 0.5) is 11.6 Å². The lowest BCUT2D eigenvalue weighted by molar-refractivity contribution is 0.103. The topological polar surface area (TPSA) is 97.0 Å². The van der Waals surface area contributed by atoms with Gasteiger partial charge < -0.3 is 16.0 Å². The van der Waals surface area contributed by atoms with Crippen LogP contribution in [0.1, 0.15) is 31.9 Å². The van der Waals surface area contributed by atoms with Gasteiger partial charge in [-0.05, 0) is 41.5 Å². The number of carbonyl (C=O) groups is 1. The highest BCUT2D eigenvalue weighted by Crippen LogP contribution is 2.25. The highest BCUT2D eigenvalue weighted by molar-refractivity contribution is 6.11. The van der Waals surface area contributed by atoms with Gasteiger partial charge in [-0.3, -0.25) is 9.78 Å². The zero-order valence-electron chi connectivity index (χ0n) is 18.1. The second-order valence-corrected chi connectivity index (χ2v) is 7.97. The zero-order chi connectivity index (χ0) is 22.6.